The molecule has 0 saturated carbocycles. The second-order valence-corrected chi connectivity index (χ2v) is 6.71. The van der Waals surface area contributed by atoms with E-state index in [1.807, 2.05) is 6.92 Å². The third-order valence-corrected chi connectivity index (χ3v) is 4.88. The molecule has 1 aromatic carbocycles. The summed E-state index contributed by atoms with van der Waals surface area (Å²) in [6, 6.07) is 9.71. The maximum absolute atomic E-state index is 12.5. The van der Waals surface area contributed by atoms with Gasteiger partial charge in [-0.25, -0.2) is 0 Å². The number of ether oxygens (including phenoxy) is 1. The number of hydrogen-bond donors (Lipinski definition) is 2. The highest BCUT2D eigenvalue weighted by Crippen LogP contribution is 2.22. The first-order chi connectivity index (χ1) is 11.5. The molecule has 2 atom stereocenters. The van der Waals surface area contributed by atoms with E-state index in [-0.39, 0.29) is 16.9 Å². The first kappa shape index (κ1) is 17.9. The van der Waals surface area contributed by atoms with Gasteiger partial charge in [-0.1, -0.05) is 37.3 Å². The molecule has 2 rings (SSSR count). The SMILES string of the molecule is CCCOc1c[nH]c(CS(=O)C(C(=O)O)c2ccccc2)cc1=O. The summed E-state index contributed by atoms with van der Waals surface area (Å²) < 4.78 is 17.8. The van der Waals surface area contributed by atoms with Gasteiger partial charge in [-0.15, -0.1) is 0 Å². The fourth-order valence-corrected chi connectivity index (χ4v) is 3.51. The molecule has 0 aliphatic carbocycles. The average molecular weight is 349 g/mol. The van der Waals surface area contributed by atoms with Crippen molar-refractivity contribution in [2.45, 2.75) is 24.3 Å². The van der Waals surface area contributed by atoms with Crippen LogP contribution in [0.15, 0.2) is 47.4 Å². The Morgan fingerprint density at radius 2 is 2.04 bits per heavy atom. The molecular weight excluding hydrogens is 330 g/mol. The van der Waals surface area contributed by atoms with E-state index in [1.165, 1.54) is 12.3 Å². The highest BCUT2D eigenvalue weighted by atomic mass is 32.2. The molecule has 7 heteroatoms. The molecule has 0 aliphatic rings. The van der Waals surface area contributed by atoms with Crippen molar-refractivity contribution in [3.63, 3.8) is 0 Å². The standard InChI is InChI=1S/C17H19NO5S/c1-2-8-23-15-10-18-13(9-14(15)19)11-24(22)16(17(20)21)12-6-4-3-5-7-12/h3-7,9-10,16H,2,8,11H2,1H3,(H,18,19)(H,20,21). The second kappa shape index (κ2) is 8.44. The maximum Gasteiger partial charge on any atom is 0.323 e. The summed E-state index contributed by atoms with van der Waals surface area (Å²) in [6.07, 6.45) is 2.20. The van der Waals surface area contributed by atoms with Crippen LogP contribution in [0.25, 0.3) is 0 Å². The number of nitrogens with one attached hydrogen (secondary N) is 1. The van der Waals surface area contributed by atoms with Gasteiger partial charge in [0.2, 0.25) is 5.43 Å². The molecule has 1 aromatic heterocycles. The van der Waals surface area contributed by atoms with E-state index in [1.54, 1.807) is 30.3 Å². The van der Waals surface area contributed by atoms with Crippen LogP contribution in [0.5, 0.6) is 5.75 Å². The Hall–Kier alpha value is -2.41. The summed E-state index contributed by atoms with van der Waals surface area (Å²) in [5.74, 6) is -1.02. The van der Waals surface area contributed by atoms with Crippen molar-refractivity contribution < 1.29 is 18.8 Å². The molecule has 6 nitrogen and oxygen atoms in total. The molecule has 2 aromatic rings. The van der Waals surface area contributed by atoms with Crippen LogP contribution < -0.4 is 10.2 Å². The van der Waals surface area contributed by atoms with Crippen LogP contribution in [0, 0.1) is 0 Å². The fraction of sp³-hybridized carbons (Fsp3) is 0.294. The third kappa shape index (κ3) is 4.55. The lowest BCUT2D eigenvalue weighted by Gasteiger charge is -2.13. The molecular formula is C17H19NO5S. The molecule has 24 heavy (non-hydrogen) atoms. The second-order valence-electron chi connectivity index (χ2n) is 5.19. The zero-order chi connectivity index (χ0) is 17.5. The van der Waals surface area contributed by atoms with Crippen molar-refractivity contribution in [2.24, 2.45) is 0 Å². The molecule has 0 spiro atoms. The predicted molar refractivity (Wildman–Crippen MR) is 91.5 cm³/mol. The Labute approximate surface area is 142 Å². The van der Waals surface area contributed by atoms with E-state index in [9.17, 15) is 18.9 Å². The summed E-state index contributed by atoms with van der Waals surface area (Å²) in [4.78, 5) is 26.3. The van der Waals surface area contributed by atoms with Gasteiger partial charge in [-0.2, -0.15) is 0 Å². The number of aromatic amines is 1. The van der Waals surface area contributed by atoms with Gasteiger partial charge < -0.3 is 14.8 Å². The summed E-state index contributed by atoms with van der Waals surface area (Å²) >= 11 is 0. The molecule has 128 valence electrons. The Bertz CT molecular complexity index is 772. The van der Waals surface area contributed by atoms with Crippen LogP contribution in [0.1, 0.15) is 29.9 Å². The minimum atomic E-state index is -1.72. The summed E-state index contributed by atoms with van der Waals surface area (Å²) in [6.45, 7) is 2.37. The molecule has 2 N–H and O–H groups in total. The predicted octanol–water partition coefficient (Wildman–Crippen LogP) is 2.24. The van der Waals surface area contributed by atoms with Crippen molar-refractivity contribution in [2.75, 3.05) is 6.61 Å². The Morgan fingerprint density at radius 1 is 1.33 bits per heavy atom. The van der Waals surface area contributed by atoms with Gasteiger partial charge in [-0.05, 0) is 12.0 Å². The first-order valence-corrected chi connectivity index (χ1v) is 8.90. The van der Waals surface area contributed by atoms with Crippen LogP contribution in [0.3, 0.4) is 0 Å². The van der Waals surface area contributed by atoms with Crippen LogP contribution in [0.4, 0.5) is 0 Å². The zero-order valence-corrected chi connectivity index (χ0v) is 14.0. The number of pyridine rings is 1. The molecule has 0 bridgehead atoms. The van der Waals surface area contributed by atoms with Crippen LogP contribution in [-0.4, -0.2) is 26.9 Å². The van der Waals surface area contributed by atoms with E-state index in [2.05, 4.69) is 4.98 Å². The van der Waals surface area contributed by atoms with Crippen molar-refractivity contribution in [3.05, 3.63) is 64.1 Å². The van der Waals surface area contributed by atoms with Gasteiger partial charge >= 0.3 is 5.97 Å². The lowest BCUT2D eigenvalue weighted by Crippen LogP contribution is -2.19. The van der Waals surface area contributed by atoms with Crippen molar-refractivity contribution in [3.8, 4) is 5.75 Å². The monoisotopic (exact) mass is 349 g/mol. The zero-order valence-electron chi connectivity index (χ0n) is 13.2. The van der Waals surface area contributed by atoms with Gasteiger partial charge in [-0.3, -0.25) is 13.8 Å². The lowest BCUT2D eigenvalue weighted by atomic mass is 10.1. The van der Waals surface area contributed by atoms with Gasteiger partial charge in [0, 0.05) is 28.8 Å². The molecule has 0 aliphatic heterocycles. The number of carbonyl (C=O) groups is 1. The van der Waals surface area contributed by atoms with E-state index in [4.69, 9.17) is 4.74 Å². The summed E-state index contributed by atoms with van der Waals surface area (Å²) in [7, 11) is -1.72. The van der Waals surface area contributed by atoms with Crippen LogP contribution >= 0.6 is 0 Å². The number of carboxylic acids is 1. The Morgan fingerprint density at radius 3 is 2.62 bits per heavy atom. The van der Waals surface area contributed by atoms with Crippen LogP contribution in [0.2, 0.25) is 0 Å². The van der Waals surface area contributed by atoms with Gasteiger partial charge in [0.1, 0.15) is 0 Å². The molecule has 1 heterocycles. The summed E-state index contributed by atoms with van der Waals surface area (Å²) in [5, 5.41) is 8.24. The quantitative estimate of drug-likeness (QED) is 0.762. The van der Waals surface area contributed by atoms with Gasteiger partial charge in [0.05, 0.1) is 12.4 Å². The van der Waals surface area contributed by atoms with Crippen molar-refractivity contribution >= 4 is 16.8 Å². The highest BCUT2D eigenvalue weighted by molar-refractivity contribution is 7.85. The van der Waals surface area contributed by atoms with E-state index in [0.717, 1.165) is 6.42 Å². The van der Waals surface area contributed by atoms with Crippen LogP contribution in [-0.2, 0) is 21.3 Å². The smallest absolute Gasteiger partial charge is 0.323 e. The van der Waals surface area contributed by atoms with Crippen molar-refractivity contribution in [1.29, 1.82) is 0 Å². The number of hydrogen-bond acceptors (Lipinski definition) is 4. The van der Waals surface area contributed by atoms with E-state index in [0.29, 0.717) is 17.9 Å². The number of benzene rings is 1. The van der Waals surface area contributed by atoms with E-state index < -0.39 is 22.0 Å². The molecule has 2 unspecified atom stereocenters. The topological polar surface area (TPSA) is 96.5 Å². The number of aromatic nitrogens is 1. The third-order valence-electron chi connectivity index (χ3n) is 3.29. The molecule has 0 saturated heterocycles. The summed E-state index contributed by atoms with van der Waals surface area (Å²) in [5.41, 5.74) is 0.554. The first-order valence-electron chi connectivity index (χ1n) is 7.52. The normalized spacial score (nSPS) is 13.2. The number of carboxylic acid groups (broad SMARTS) is 1. The average Bonchev–Trinajstić information content (AvgIpc) is 2.55. The number of H-pyrrole nitrogens is 1. The fourth-order valence-electron chi connectivity index (χ4n) is 2.18. The van der Waals surface area contributed by atoms with Gasteiger partial charge in [0.15, 0.2) is 11.0 Å². The number of aliphatic carboxylic acids is 1. The molecule has 0 radical (unpaired) electrons. The number of rotatable bonds is 8. The highest BCUT2D eigenvalue weighted by Gasteiger charge is 2.27. The van der Waals surface area contributed by atoms with Crippen molar-refractivity contribution in [1.82, 2.24) is 4.98 Å². The Kier molecular flexibility index (Phi) is 6.31. The minimum absolute atomic E-state index is 0.0604. The van der Waals surface area contributed by atoms with E-state index >= 15 is 0 Å². The Balaban J connectivity index is 2.17. The maximum atomic E-state index is 12.5. The molecule has 0 fully saturated rings. The molecule has 0 amide bonds. The lowest BCUT2D eigenvalue weighted by molar-refractivity contribution is -0.136. The van der Waals surface area contributed by atoms with Gasteiger partial charge in [0.25, 0.3) is 0 Å². The minimum Gasteiger partial charge on any atom is -0.488 e. The largest absolute Gasteiger partial charge is 0.488 e.